The third-order valence-corrected chi connectivity index (χ3v) is 6.59. The van der Waals surface area contributed by atoms with Gasteiger partial charge in [0.25, 0.3) is 0 Å². The van der Waals surface area contributed by atoms with Crippen LogP contribution in [0.1, 0.15) is 33.1 Å². The van der Waals surface area contributed by atoms with Crippen LogP contribution in [-0.2, 0) is 9.59 Å². The molecule has 1 aliphatic rings. The number of anilines is 1. The van der Waals surface area contributed by atoms with E-state index < -0.39 is 5.25 Å². The van der Waals surface area contributed by atoms with Crippen molar-refractivity contribution in [3.8, 4) is 11.5 Å². The van der Waals surface area contributed by atoms with Gasteiger partial charge in [-0.2, -0.15) is 0 Å². The summed E-state index contributed by atoms with van der Waals surface area (Å²) in [6, 6.07) is 9.97. The van der Waals surface area contributed by atoms with Crippen LogP contribution in [0.2, 0.25) is 10.0 Å². The zero-order chi connectivity index (χ0) is 24.0. The van der Waals surface area contributed by atoms with Crippen LogP contribution in [0.25, 0.3) is 0 Å². The maximum atomic E-state index is 12.9. The Morgan fingerprint density at radius 1 is 1.24 bits per heavy atom. The molecule has 1 saturated heterocycles. The summed E-state index contributed by atoms with van der Waals surface area (Å²) >= 11 is 13.3. The van der Waals surface area contributed by atoms with Crippen LogP contribution >= 0.6 is 35.0 Å². The fourth-order valence-corrected chi connectivity index (χ4v) is 4.73. The zero-order valence-electron chi connectivity index (χ0n) is 18.3. The van der Waals surface area contributed by atoms with E-state index in [0.717, 1.165) is 12.8 Å². The lowest BCUT2D eigenvalue weighted by Gasteiger charge is -2.31. The summed E-state index contributed by atoms with van der Waals surface area (Å²) in [6.45, 7) is 4.98. The van der Waals surface area contributed by atoms with Gasteiger partial charge in [0.15, 0.2) is 10.9 Å². The average molecular weight is 510 g/mol. The molecule has 176 valence electrons. The van der Waals surface area contributed by atoms with E-state index in [9.17, 15) is 14.7 Å². The van der Waals surface area contributed by atoms with Crippen molar-refractivity contribution in [1.82, 2.24) is 4.90 Å². The van der Waals surface area contributed by atoms with E-state index >= 15 is 0 Å². The molecular formula is C23H25Cl2N3O4S. The fraction of sp³-hybridized carbons (Fsp3) is 0.348. The second-order valence-electron chi connectivity index (χ2n) is 7.31. The average Bonchev–Trinajstić information content (AvgIpc) is 2.78. The van der Waals surface area contributed by atoms with Crippen molar-refractivity contribution in [2.45, 2.75) is 38.4 Å². The maximum Gasteiger partial charge on any atom is 0.238 e. The van der Waals surface area contributed by atoms with Gasteiger partial charge in [-0.25, -0.2) is 4.99 Å². The molecule has 1 aliphatic heterocycles. The van der Waals surface area contributed by atoms with Gasteiger partial charge >= 0.3 is 0 Å². The molecule has 3 rings (SSSR count). The van der Waals surface area contributed by atoms with Crippen LogP contribution in [0.15, 0.2) is 41.4 Å². The Bertz CT molecular complexity index is 1020. The van der Waals surface area contributed by atoms with E-state index in [1.54, 1.807) is 29.2 Å². The summed E-state index contributed by atoms with van der Waals surface area (Å²) in [4.78, 5) is 32.0. The zero-order valence-corrected chi connectivity index (χ0v) is 20.6. The number of thioether (sulfide) groups is 1. The van der Waals surface area contributed by atoms with Crippen molar-refractivity contribution in [2.75, 3.05) is 18.5 Å². The first-order valence-electron chi connectivity index (χ1n) is 10.6. The van der Waals surface area contributed by atoms with Crippen molar-refractivity contribution >= 4 is 63.3 Å². The number of nitrogens with zero attached hydrogens (tertiary/aromatic N) is 2. The second-order valence-corrected chi connectivity index (χ2v) is 9.29. The van der Waals surface area contributed by atoms with Crippen LogP contribution < -0.4 is 10.1 Å². The quantitative estimate of drug-likeness (QED) is 0.464. The molecule has 0 spiro atoms. The fourth-order valence-electron chi connectivity index (χ4n) is 3.13. The van der Waals surface area contributed by atoms with Gasteiger partial charge in [-0.1, -0.05) is 48.3 Å². The van der Waals surface area contributed by atoms with Crippen molar-refractivity contribution < 1.29 is 19.4 Å². The number of phenolic OH excluding ortho intramolecular Hbond substituents is 1. The number of unbranched alkanes of at least 4 members (excludes halogenated alkanes) is 1. The molecule has 7 nitrogen and oxygen atoms in total. The number of benzene rings is 2. The lowest BCUT2D eigenvalue weighted by molar-refractivity contribution is -0.129. The minimum absolute atomic E-state index is 0.0545. The Labute approximate surface area is 207 Å². The van der Waals surface area contributed by atoms with E-state index in [0.29, 0.717) is 35.4 Å². The minimum atomic E-state index is -0.649. The molecule has 2 aromatic carbocycles. The van der Waals surface area contributed by atoms with Gasteiger partial charge in [-0.05, 0) is 49.7 Å². The summed E-state index contributed by atoms with van der Waals surface area (Å²) in [5, 5.41) is 12.5. The molecule has 0 unspecified atom stereocenters. The molecule has 1 heterocycles. The molecule has 0 bridgehead atoms. The van der Waals surface area contributed by atoms with Gasteiger partial charge in [-0.15, -0.1) is 0 Å². The van der Waals surface area contributed by atoms with Gasteiger partial charge < -0.3 is 15.2 Å². The van der Waals surface area contributed by atoms with Crippen molar-refractivity contribution in [3.63, 3.8) is 0 Å². The molecule has 0 aromatic heterocycles. The first-order valence-corrected chi connectivity index (χ1v) is 12.2. The number of amidine groups is 1. The molecule has 2 amide bonds. The van der Waals surface area contributed by atoms with Crippen molar-refractivity contribution in [3.05, 3.63) is 46.4 Å². The number of rotatable bonds is 8. The highest BCUT2D eigenvalue weighted by Crippen LogP contribution is 2.37. The van der Waals surface area contributed by atoms with Gasteiger partial charge in [0.2, 0.25) is 11.8 Å². The Morgan fingerprint density at radius 3 is 2.52 bits per heavy atom. The Hall–Kier alpha value is -2.42. The van der Waals surface area contributed by atoms with Gasteiger partial charge in [0, 0.05) is 18.7 Å². The maximum absolute atomic E-state index is 12.9. The molecule has 1 atom stereocenters. The molecule has 2 N–H and O–H groups in total. The number of carbonyl (C=O) groups excluding carboxylic acids is 2. The highest BCUT2D eigenvalue weighted by Gasteiger charge is 2.35. The lowest BCUT2D eigenvalue weighted by atomic mass is 10.2. The van der Waals surface area contributed by atoms with E-state index in [1.807, 2.05) is 13.8 Å². The number of hydrogen-bond acceptors (Lipinski definition) is 6. The third kappa shape index (κ3) is 6.56. The lowest BCUT2D eigenvalue weighted by Crippen LogP contribution is -2.45. The topological polar surface area (TPSA) is 91.2 Å². The third-order valence-electron chi connectivity index (χ3n) is 4.83. The Balaban J connectivity index is 1.82. The standard InChI is InChI=1S/C23H25Cl2N3O4S/c1-3-5-10-28-20(29)13-19(22(31)26-14-6-8-16(9-7-14)32-4-2)33-23(28)27-15-11-17(24)21(30)18(25)12-15/h6-9,11-12,19,30H,3-5,10,13H2,1-2H3,(H,26,31)/t19-/m0/s1. The van der Waals surface area contributed by atoms with Gasteiger partial charge in [0.05, 0.1) is 22.3 Å². The monoisotopic (exact) mass is 509 g/mol. The van der Waals surface area contributed by atoms with Crippen molar-refractivity contribution in [2.24, 2.45) is 4.99 Å². The number of phenols is 1. The van der Waals surface area contributed by atoms with Crippen LogP contribution in [0.5, 0.6) is 11.5 Å². The van der Waals surface area contributed by atoms with Gasteiger partial charge in [0.1, 0.15) is 11.0 Å². The number of aromatic hydroxyl groups is 1. The van der Waals surface area contributed by atoms with Crippen LogP contribution in [0.4, 0.5) is 11.4 Å². The van der Waals surface area contributed by atoms with Crippen LogP contribution in [0, 0.1) is 0 Å². The number of carbonyl (C=O) groups is 2. The van der Waals surface area contributed by atoms with Gasteiger partial charge in [-0.3, -0.25) is 14.5 Å². The summed E-state index contributed by atoms with van der Waals surface area (Å²) in [5.74, 6) is 0.0147. The highest BCUT2D eigenvalue weighted by atomic mass is 35.5. The Kier molecular flexibility index (Phi) is 8.88. The highest BCUT2D eigenvalue weighted by molar-refractivity contribution is 8.15. The van der Waals surface area contributed by atoms with Crippen LogP contribution in [0.3, 0.4) is 0 Å². The number of hydrogen-bond donors (Lipinski definition) is 2. The largest absolute Gasteiger partial charge is 0.505 e. The second kappa shape index (κ2) is 11.6. The molecule has 33 heavy (non-hydrogen) atoms. The van der Waals surface area contributed by atoms with Crippen molar-refractivity contribution in [1.29, 1.82) is 0 Å². The number of amides is 2. The molecule has 0 aliphatic carbocycles. The number of ether oxygens (including phenoxy) is 1. The van der Waals surface area contributed by atoms with E-state index in [4.69, 9.17) is 27.9 Å². The first-order chi connectivity index (χ1) is 15.8. The number of aliphatic imine (C=N–C) groups is 1. The first kappa shape index (κ1) is 25.2. The minimum Gasteiger partial charge on any atom is -0.505 e. The molecule has 2 aromatic rings. The summed E-state index contributed by atoms with van der Waals surface area (Å²) in [5.41, 5.74) is 0.993. The summed E-state index contributed by atoms with van der Waals surface area (Å²) < 4.78 is 5.42. The van der Waals surface area contributed by atoms with E-state index in [2.05, 4.69) is 10.3 Å². The van der Waals surface area contributed by atoms with E-state index in [-0.39, 0.29) is 34.0 Å². The number of nitrogens with one attached hydrogen (secondary N) is 1. The van der Waals surface area contributed by atoms with Crippen LogP contribution in [-0.4, -0.2) is 45.4 Å². The predicted octanol–water partition coefficient (Wildman–Crippen LogP) is 5.86. The summed E-state index contributed by atoms with van der Waals surface area (Å²) in [6.07, 6.45) is 1.76. The molecule has 0 saturated carbocycles. The van der Waals surface area contributed by atoms with E-state index in [1.165, 1.54) is 23.9 Å². The molecular weight excluding hydrogens is 485 g/mol. The molecule has 1 fully saturated rings. The smallest absolute Gasteiger partial charge is 0.238 e. The predicted molar refractivity (Wildman–Crippen MR) is 134 cm³/mol. The normalized spacial score (nSPS) is 17.3. The SMILES string of the molecule is CCCCN1C(=O)C[C@@H](C(=O)Nc2ccc(OCC)cc2)SC1=Nc1cc(Cl)c(O)c(Cl)c1. The Morgan fingerprint density at radius 2 is 1.91 bits per heavy atom. The molecule has 10 heteroatoms. The molecule has 0 radical (unpaired) electrons. The summed E-state index contributed by atoms with van der Waals surface area (Å²) in [7, 11) is 0. The number of halogens is 2.